The van der Waals surface area contributed by atoms with Crippen LogP contribution in [-0.4, -0.2) is 6.71 Å². The average Bonchev–Trinajstić information content (AvgIpc) is 3.79. The molecule has 3 heterocycles. The van der Waals surface area contributed by atoms with E-state index in [4.69, 9.17) is 0 Å². The summed E-state index contributed by atoms with van der Waals surface area (Å²) in [5.74, 6) is 0. The molecule has 14 rings (SSSR count). The number of thiophene rings is 1. The van der Waals surface area contributed by atoms with Gasteiger partial charge in [0.15, 0.2) is 0 Å². The molecule has 0 unspecified atom stereocenters. The van der Waals surface area contributed by atoms with E-state index in [9.17, 15) is 0 Å². The van der Waals surface area contributed by atoms with Gasteiger partial charge >= 0.3 is 0 Å². The molecule has 368 valence electrons. The van der Waals surface area contributed by atoms with E-state index in [0.29, 0.717) is 0 Å². The second-order valence-electron chi connectivity index (χ2n) is 25.4. The van der Waals surface area contributed by atoms with Crippen LogP contribution in [0.5, 0.6) is 0 Å². The van der Waals surface area contributed by atoms with Gasteiger partial charge in [-0.15, -0.1) is 11.3 Å². The Bertz CT molecular complexity index is 4090. The van der Waals surface area contributed by atoms with Crippen molar-refractivity contribution in [1.82, 2.24) is 0 Å². The third-order valence-corrected chi connectivity index (χ3v) is 19.9. The van der Waals surface area contributed by atoms with Gasteiger partial charge in [-0.2, -0.15) is 0 Å². The van der Waals surface area contributed by atoms with Crippen LogP contribution in [-0.2, 0) is 27.1 Å². The first-order valence-electron chi connectivity index (χ1n) is 27.2. The summed E-state index contributed by atoms with van der Waals surface area (Å²) in [7, 11) is 0. The van der Waals surface area contributed by atoms with Crippen LogP contribution in [0.1, 0.15) is 132 Å². The molecule has 75 heavy (non-hydrogen) atoms. The Labute approximate surface area is 448 Å². The predicted molar refractivity (Wildman–Crippen MR) is 324 cm³/mol. The normalized spacial score (nSPS) is 16.9. The monoisotopic (exact) mass is 988 g/mol. The first kappa shape index (κ1) is 46.4. The lowest BCUT2D eigenvalue weighted by Crippen LogP contribution is -2.62. The summed E-state index contributed by atoms with van der Waals surface area (Å²) < 4.78 is 2.71. The van der Waals surface area contributed by atoms with Crippen molar-refractivity contribution in [2.24, 2.45) is 0 Å². The smallest absolute Gasteiger partial charge is 0.254 e. The zero-order chi connectivity index (χ0) is 51.9. The summed E-state index contributed by atoms with van der Waals surface area (Å²) in [5.41, 5.74) is 27.0. The number of hydrogen-bond acceptors (Lipinski definition) is 3. The molecule has 0 amide bonds. The Morgan fingerprint density at radius 2 is 0.947 bits per heavy atom. The summed E-state index contributed by atoms with van der Waals surface area (Å²) in [5, 5.41) is 2.69. The van der Waals surface area contributed by atoms with Gasteiger partial charge in [0, 0.05) is 70.6 Å². The Balaban J connectivity index is 1.15. The minimum Gasteiger partial charge on any atom is -0.311 e. The lowest BCUT2D eigenvalue weighted by molar-refractivity contribution is 0.520. The van der Waals surface area contributed by atoms with Crippen molar-refractivity contribution in [2.75, 3.05) is 9.80 Å². The van der Waals surface area contributed by atoms with Crippen molar-refractivity contribution >= 4 is 88.7 Å². The van der Waals surface area contributed by atoms with E-state index in [1.165, 1.54) is 137 Å². The Morgan fingerprint density at radius 1 is 0.400 bits per heavy atom. The molecule has 4 heteroatoms. The van der Waals surface area contributed by atoms with Crippen molar-refractivity contribution in [3.63, 3.8) is 0 Å². The molecule has 2 aliphatic carbocycles. The van der Waals surface area contributed by atoms with E-state index in [2.05, 4.69) is 269 Å². The van der Waals surface area contributed by atoms with Crippen LogP contribution in [0.25, 0.3) is 31.3 Å². The van der Waals surface area contributed by atoms with Crippen molar-refractivity contribution in [3.8, 4) is 11.1 Å². The molecular formula is C71H65BN2S. The molecule has 10 aromatic rings. The minimum absolute atomic E-state index is 0.0255. The SMILES string of the molecule is Cc1ccccc1N1c2cc(-c3ccccc3)cc3c2B(c2cc4c(cc2N3c2ccc3c(c2)C(C)(C)c2ccccc2C3(C)C)C(C)(C)c2ccccc2C4(C)C)c2c1ccc1c2sc2ccc(C(C)(C)C)cc21. The third-order valence-electron chi connectivity index (χ3n) is 18.6. The van der Waals surface area contributed by atoms with Crippen LogP contribution < -0.4 is 26.2 Å². The van der Waals surface area contributed by atoms with Gasteiger partial charge in [0.1, 0.15) is 0 Å². The second-order valence-corrected chi connectivity index (χ2v) is 26.5. The van der Waals surface area contributed by atoms with Gasteiger partial charge in [-0.3, -0.25) is 0 Å². The summed E-state index contributed by atoms with van der Waals surface area (Å²) in [4.78, 5) is 5.34. The highest BCUT2D eigenvalue weighted by Crippen LogP contribution is 2.56. The molecule has 0 saturated carbocycles. The maximum atomic E-state index is 2.70. The number of nitrogens with zero attached hydrogens (tertiary/aromatic N) is 2. The highest BCUT2D eigenvalue weighted by molar-refractivity contribution is 7.28. The van der Waals surface area contributed by atoms with Crippen molar-refractivity contribution in [3.05, 3.63) is 232 Å². The molecule has 2 nitrogen and oxygen atoms in total. The molecule has 0 radical (unpaired) electrons. The van der Waals surface area contributed by atoms with Crippen LogP contribution >= 0.6 is 11.3 Å². The third kappa shape index (κ3) is 6.33. The number of benzene rings is 9. The fourth-order valence-electron chi connectivity index (χ4n) is 14.5. The molecule has 2 aliphatic heterocycles. The van der Waals surface area contributed by atoms with Crippen LogP contribution in [0.3, 0.4) is 0 Å². The molecule has 4 aliphatic rings. The largest absolute Gasteiger partial charge is 0.311 e. The summed E-state index contributed by atoms with van der Waals surface area (Å²) >= 11 is 1.98. The Morgan fingerprint density at radius 3 is 1.57 bits per heavy atom. The van der Waals surface area contributed by atoms with E-state index in [-0.39, 0.29) is 33.8 Å². The van der Waals surface area contributed by atoms with E-state index in [1.807, 2.05) is 11.3 Å². The molecule has 0 spiro atoms. The van der Waals surface area contributed by atoms with Gasteiger partial charge in [-0.25, -0.2) is 0 Å². The van der Waals surface area contributed by atoms with Crippen molar-refractivity contribution in [2.45, 2.75) is 110 Å². The lowest BCUT2D eigenvalue weighted by Gasteiger charge is -2.48. The second kappa shape index (κ2) is 15.5. The van der Waals surface area contributed by atoms with Crippen molar-refractivity contribution in [1.29, 1.82) is 0 Å². The summed E-state index contributed by atoms with van der Waals surface area (Å²) in [6, 6.07) is 68.6. The predicted octanol–water partition coefficient (Wildman–Crippen LogP) is 17.3. The van der Waals surface area contributed by atoms with E-state index in [1.54, 1.807) is 0 Å². The van der Waals surface area contributed by atoms with Gasteiger partial charge in [0.25, 0.3) is 6.71 Å². The molecular weight excluding hydrogens is 924 g/mol. The Kier molecular flexibility index (Phi) is 9.58. The van der Waals surface area contributed by atoms with Crippen molar-refractivity contribution < 1.29 is 0 Å². The molecule has 0 N–H and O–H groups in total. The number of para-hydroxylation sites is 1. The number of anilines is 6. The highest BCUT2D eigenvalue weighted by atomic mass is 32.1. The minimum atomic E-state index is -0.249. The zero-order valence-corrected chi connectivity index (χ0v) is 46.4. The van der Waals surface area contributed by atoms with Gasteiger partial charge in [-0.1, -0.05) is 197 Å². The zero-order valence-electron chi connectivity index (χ0n) is 45.6. The van der Waals surface area contributed by atoms with Gasteiger partial charge in [0.05, 0.1) is 0 Å². The standard InChI is InChI=1S/C71H65BN2S/c1-42-22-16-21-29-58(42)74-59-34-32-47-48-38-45(67(2,3)4)30-35-63(48)75-66(47)65(59)72-57-40-55-56(71(11,12)52-28-20-19-27-51(52)70(55,9)10)41-60(57)73(61-36-44(37-62(74)64(61)72)43-23-14-13-15-24-43)46-31-33-53-54(39-46)69(7,8)50-26-18-17-25-49(50)68(53,5)6/h13-41H,1-12H3. The van der Waals surface area contributed by atoms with Crippen LogP contribution in [0, 0.1) is 6.92 Å². The maximum absolute atomic E-state index is 2.70. The van der Waals surface area contributed by atoms with Gasteiger partial charge < -0.3 is 9.80 Å². The van der Waals surface area contributed by atoms with E-state index >= 15 is 0 Å². The van der Waals surface area contributed by atoms with Gasteiger partial charge in [0.2, 0.25) is 0 Å². The highest BCUT2D eigenvalue weighted by Gasteiger charge is 2.50. The summed E-state index contributed by atoms with van der Waals surface area (Å²) in [6.45, 7) is 28.8. The topological polar surface area (TPSA) is 6.48 Å². The number of aryl methyl sites for hydroxylation is 1. The molecule has 0 atom stereocenters. The van der Waals surface area contributed by atoms with Crippen LogP contribution in [0.2, 0.25) is 0 Å². The fraction of sp³-hybridized carbons (Fsp3) is 0.239. The van der Waals surface area contributed by atoms with Crippen LogP contribution in [0.15, 0.2) is 176 Å². The summed E-state index contributed by atoms with van der Waals surface area (Å²) in [6.07, 6.45) is 0. The Hall–Kier alpha value is -7.14. The fourth-order valence-corrected chi connectivity index (χ4v) is 15.7. The first-order chi connectivity index (χ1) is 35.8. The molecule has 0 bridgehead atoms. The molecule has 9 aromatic carbocycles. The number of hydrogen-bond donors (Lipinski definition) is 0. The molecule has 1 aromatic heterocycles. The number of fused-ring (bicyclic) bond motifs is 12. The average molecular weight is 989 g/mol. The van der Waals surface area contributed by atoms with E-state index < -0.39 is 0 Å². The molecule has 0 saturated heterocycles. The van der Waals surface area contributed by atoms with Crippen LogP contribution in [0.4, 0.5) is 34.1 Å². The van der Waals surface area contributed by atoms with Gasteiger partial charge in [-0.05, 0) is 155 Å². The quantitative estimate of drug-likeness (QED) is 0.163. The van der Waals surface area contributed by atoms with E-state index in [0.717, 1.165) is 0 Å². The maximum Gasteiger partial charge on any atom is 0.254 e. The first-order valence-corrected chi connectivity index (χ1v) is 28.0. The molecule has 0 fully saturated rings. The lowest BCUT2D eigenvalue weighted by atomic mass is 9.33. The number of rotatable bonds is 3.